The molecule has 0 aromatic rings. The van der Waals surface area contributed by atoms with Crippen molar-refractivity contribution in [1.82, 2.24) is 9.80 Å². The van der Waals surface area contributed by atoms with E-state index in [0.29, 0.717) is 0 Å². The quantitative estimate of drug-likeness (QED) is 0.838. The Bertz CT molecular complexity index is 469. The number of ether oxygens (including phenoxy) is 1. The van der Waals surface area contributed by atoms with Crippen LogP contribution in [0.2, 0.25) is 0 Å². The topological polar surface area (TPSA) is 70.1 Å². The predicted octanol–water partition coefficient (Wildman–Crippen LogP) is 2.18. The van der Waals surface area contributed by atoms with E-state index in [1.54, 1.807) is 20.8 Å². The number of hydrogen-bond acceptors (Lipinski definition) is 4. The minimum Gasteiger partial charge on any atom is -0.480 e. The number of piperidine rings is 1. The fourth-order valence-electron chi connectivity index (χ4n) is 3.05. The lowest BCUT2D eigenvalue weighted by Gasteiger charge is -2.35. The van der Waals surface area contributed by atoms with E-state index in [1.807, 2.05) is 4.90 Å². The molecule has 1 N–H and O–H groups in total. The molecule has 2 aliphatic heterocycles. The first-order chi connectivity index (χ1) is 10.5. The second-order valence-electron chi connectivity index (χ2n) is 7.27. The average Bonchev–Trinajstić information content (AvgIpc) is 2.82. The summed E-state index contributed by atoms with van der Waals surface area (Å²) in [5.74, 6) is -3.74. The Labute approximate surface area is 134 Å². The van der Waals surface area contributed by atoms with Crippen LogP contribution in [0.4, 0.5) is 13.6 Å². The van der Waals surface area contributed by atoms with E-state index >= 15 is 0 Å². The molecule has 0 aromatic heterocycles. The highest BCUT2D eigenvalue weighted by Gasteiger charge is 2.45. The van der Waals surface area contributed by atoms with Crippen molar-refractivity contribution in [3.63, 3.8) is 0 Å². The Hall–Kier alpha value is -1.44. The largest absolute Gasteiger partial charge is 0.480 e. The fraction of sp³-hybridized carbons (Fsp3) is 0.867. The Kier molecular flexibility index (Phi) is 4.84. The van der Waals surface area contributed by atoms with Crippen molar-refractivity contribution < 1.29 is 28.2 Å². The number of likely N-dealkylation sites (tertiary alicyclic amines) is 2. The van der Waals surface area contributed by atoms with Gasteiger partial charge in [0.2, 0.25) is 0 Å². The van der Waals surface area contributed by atoms with Gasteiger partial charge in [-0.3, -0.25) is 9.80 Å². The monoisotopic (exact) mass is 334 g/mol. The van der Waals surface area contributed by atoms with E-state index in [-0.39, 0.29) is 44.9 Å². The first kappa shape index (κ1) is 17.9. The van der Waals surface area contributed by atoms with Gasteiger partial charge in [-0.15, -0.1) is 0 Å². The van der Waals surface area contributed by atoms with Crippen LogP contribution in [0, 0.1) is 0 Å². The van der Waals surface area contributed by atoms with Crippen LogP contribution in [-0.4, -0.2) is 70.2 Å². The zero-order chi connectivity index (χ0) is 17.4. The highest BCUT2D eigenvalue weighted by molar-refractivity contribution is 5.81. The number of carbonyl (C=O) groups is 2. The van der Waals surface area contributed by atoms with Crippen LogP contribution in [0.25, 0.3) is 0 Å². The molecular formula is C15H24F2N2O4. The van der Waals surface area contributed by atoms with Crippen LogP contribution >= 0.6 is 0 Å². The molecule has 0 saturated carbocycles. The van der Waals surface area contributed by atoms with E-state index in [2.05, 4.69) is 0 Å². The summed E-state index contributed by atoms with van der Waals surface area (Å²) in [7, 11) is 0. The lowest BCUT2D eigenvalue weighted by molar-refractivity contribution is -0.142. The SMILES string of the molecule is CC(C)(C)OC(=O)N1CC(N2CCC(F)(F)CC2)C[C@H]1C(=O)O. The highest BCUT2D eigenvalue weighted by Crippen LogP contribution is 2.32. The van der Waals surface area contributed by atoms with Gasteiger partial charge in [0.05, 0.1) is 0 Å². The zero-order valence-electron chi connectivity index (χ0n) is 13.7. The molecule has 1 unspecified atom stereocenters. The third-order valence-corrected chi connectivity index (χ3v) is 4.24. The second-order valence-corrected chi connectivity index (χ2v) is 7.27. The molecule has 23 heavy (non-hydrogen) atoms. The summed E-state index contributed by atoms with van der Waals surface area (Å²) in [4.78, 5) is 26.7. The first-order valence-electron chi connectivity index (χ1n) is 7.83. The van der Waals surface area contributed by atoms with Gasteiger partial charge in [0.15, 0.2) is 0 Å². The number of carboxylic acids is 1. The Morgan fingerprint density at radius 1 is 1.22 bits per heavy atom. The molecule has 0 spiro atoms. The average molecular weight is 334 g/mol. The van der Waals surface area contributed by atoms with Crippen LogP contribution in [-0.2, 0) is 9.53 Å². The van der Waals surface area contributed by atoms with Gasteiger partial charge in [-0.05, 0) is 27.2 Å². The summed E-state index contributed by atoms with van der Waals surface area (Å²) in [6.45, 7) is 5.75. The van der Waals surface area contributed by atoms with E-state index in [1.165, 1.54) is 4.90 Å². The fourth-order valence-corrected chi connectivity index (χ4v) is 3.05. The summed E-state index contributed by atoms with van der Waals surface area (Å²) in [6, 6.07) is -1.20. The molecule has 132 valence electrons. The van der Waals surface area contributed by atoms with Crippen LogP contribution in [0.5, 0.6) is 0 Å². The van der Waals surface area contributed by atoms with Crippen molar-refractivity contribution >= 4 is 12.1 Å². The lowest BCUT2D eigenvalue weighted by Crippen LogP contribution is -2.47. The molecule has 2 aliphatic rings. The van der Waals surface area contributed by atoms with Gasteiger partial charge in [-0.25, -0.2) is 18.4 Å². The smallest absolute Gasteiger partial charge is 0.411 e. The number of rotatable bonds is 2. The van der Waals surface area contributed by atoms with Crippen LogP contribution in [0.3, 0.4) is 0 Å². The van der Waals surface area contributed by atoms with Gasteiger partial charge in [0.1, 0.15) is 11.6 Å². The van der Waals surface area contributed by atoms with Gasteiger partial charge in [-0.2, -0.15) is 0 Å². The van der Waals surface area contributed by atoms with Crippen molar-refractivity contribution in [1.29, 1.82) is 0 Å². The van der Waals surface area contributed by atoms with Gasteiger partial charge in [-0.1, -0.05) is 0 Å². The number of carbonyl (C=O) groups excluding carboxylic acids is 1. The van der Waals surface area contributed by atoms with Crippen molar-refractivity contribution in [3.05, 3.63) is 0 Å². The van der Waals surface area contributed by atoms with Gasteiger partial charge in [0, 0.05) is 38.5 Å². The highest BCUT2D eigenvalue weighted by atomic mass is 19.3. The van der Waals surface area contributed by atoms with Gasteiger partial charge < -0.3 is 9.84 Å². The van der Waals surface area contributed by atoms with Crippen LogP contribution in [0.1, 0.15) is 40.0 Å². The van der Waals surface area contributed by atoms with Crippen molar-refractivity contribution in [2.24, 2.45) is 0 Å². The molecule has 2 heterocycles. The van der Waals surface area contributed by atoms with Crippen molar-refractivity contribution in [2.45, 2.75) is 63.6 Å². The third-order valence-electron chi connectivity index (χ3n) is 4.24. The zero-order valence-corrected chi connectivity index (χ0v) is 13.7. The molecule has 6 nitrogen and oxygen atoms in total. The number of halogens is 2. The molecule has 2 fully saturated rings. The van der Waals surface area contributed by atoms with Gasteiger partial charge >= 0.3 is 12.1 Å². The maximum Gasteiger partial charge on any atom is 0.411 e. The Balaban J connectivity index is 2.03. The number of alkyl halides is 2. The summed E-state index contributed by atoms with van der Waals surface area (Å²) in [5, 5.41) is 9.34. The summed E-state index contributed by atoms with van der Waals surface area (Å²) in [6.07, 6.45) is -0.892. The Morgan fingerprint density at radius 3 is 2.26 bits per heavy atom. The normalized spacial score (nSPS) is 28.7. The molecule has 0 bridgehead atoms. The Morgan fingerprint density at radius 2 is 1.78 bits per heavy atom. The molecule has 0 aromatic carbocycles. The number of aliphatic carboxylic acids is 1. The number of carboxylic acid groups (broad SMARTS) is 1. The summed E-state index contributed by atoms with van der Waals surface area (Å²) >= 11 is 0. The minimum atomic E-state index is -2.65. The first-order valence-corrected chi connectivity index (χ1v) is 7.83. The molecule has 8 heteroatoms. The second kappa shape index (κ2) is 6.22. The lowest BCUT2D eigenvalue weighted by atomic mass is 10.0. The van der Waals surface area contributed by atoms with E-state index in [0.717, 1.165) is 0 Å². The number of nitrogens with zero attached hydrogens (tertiary/aromatic N) is 2. The van der Waals surface area contributed by atoms with E-state index in [4.69, 9.17) is 4.74 Å². The summed E-state index contributed by atoms with van der Waals surface area (Å²) < 4.78 is 31.8. The van der Waals surface area contributed by atoms with Crippen LogP contribution < -0.4 is 0 Å². The molecule has 0 radical (unpaired) electrons. The molecular weight excluding hydrogens is 310 g/mol. The minimum absolute atomic E-state index is 0.192. The maximum atomic E-state index is 13.3. The molecule has 2 atom stereocenters. The third kappa shape index (κ3) is 4.53. The molecule has 0 aliphatic carbocycles. The standard InChI is InChI=1S/C15H24F2N2O4/c1-14(2,3)23-13(22)19-9-10(8-11(19)12(20)21)18-6-4-15(16,17)5-7-18/h10-11H,4-9H2,1-3H3,(H,20,21)/t10?,11-/m0/s1. The number of amides is 1. The predicted molar refractivity (Wildman–Crippen MR) is 78.5 cm³/mol. The maximum absolute atomic E-state index is 13.3. The molecule has 1 amide bonds. The van der Waals surface area contributed by atoms with Crippen molar-refractivity contribution in [2.75, 3.05) is 19.6 Å². The van der Waals surface area contributed by atoms with Crippen LogP contribution in [0.15, 0.2) is 0 Å². The van der Waals surface area contributed by atoms with E-state index in [9.17, 15) is 23.5 Å². The number of hydrogen-bond donors (Lipinski definition) is 1. The molecule has 2 saturated heterocycles. The molecule has 2 rings (SSSR count). The van der Waals surface area contributed by atoms with E-state index < -0.39 is 29.6 Å². The summed E-state index contributed by atoms with van der Waals surface area (Å²) in [5.41, 5.74) is -0.717. The van der Waals surface area contributed by atoms with Crippen molar-refractivity contribution in [3.8, 4) is 0 Å². The van der Waals surface area contributed by atoms with Gasteiger partial charge in [0.25, 0.3) is 5.92 Å².